The lowest BCUT2D eigenvalue weighted by Gasteiger charge is -2.15. The zero-order chi connectivity index (χ0) is 22.9. The van der Waals surface area contributed by atoms with Gasteiger partial charge in [0.1, 0.15) is 6.04 Å². The van der Waals surface area contributed by atoms with Gasteiger partial charge in [0.25, 0.3) is 5.69 Å². The van der Waals surface area contributed by atoms with E-state index < -0.39 is 27.0 Å². The first-order valence-corrected chi connectivity index (χ1v) is 9.78. The van der Waals surface area contributed by atoms with Gasteiger partial charge in [-0.2, -0.15) is 4.72 Å². The molecule has 14 heteroatoms. The summed E-state index contributed by atoms with van der Waals surface area (Å²) in [6.45, 7) is 0.147. The SMILES string of the molecule is N#N.NC(N)=NCCC[C@H](NS(=O)(=O)c1cccc2c([N+](=O)[O-])cccc12)C(=O)O. The summed E-state index contributed by atoms with van der Waals surface area (Å²) in [6, 6.07) is 6.68. The fourth-order valence-corrected chi connectivity index (χ4v) is 4.09. The van der Waals surface area contributed by atoms with Crippen molar-refractivity contribution in [2.75, 3.05) is 6.54 Å². The number of nitrogens with zero attached hydrogens (tertiary/aromatic N) is 4. The molecule has 30 heavy (non-hydrogen) atoms. The van der Waals surface area contributed by atoms with Crippen LogP contribution in [0.3, 0.4) is 0 Å². The number of fused-ring (bicyclic) bond motifs is 1. The summed E-state index contributed by atoms with van der Waals surface area (Å²) in [4.78, 5) is 25.5. The number of nitrogens with one attached hydrogen (secondary N) is 1. The number of carboxylic acids is 1. The van der Waals surface area contributed by atoms with Crippen molar-refractivity contribution in [1.29, 1.82) is 10.8 Å². The minimum atomic E-state index is -4.27. The van der Waals surface area contributed by atoms with Gasteiger partial charge in [0.2, 0.25) is 10.0 Å². The number of carboxylic acid groups (broad SMARTS) is 1. The normalized spacial score (nSPS) is 11.7. The standard InChI is InChI=1S/C16H19N5O6S.N2/c17-16(18)19-9-3-6-12(15(22)23)20-28(26,27)14-8-2-4-10-11(14)5-1-7-13(10)21(24)25;1-2/h1-2,4-5,7-8,12,20H,3,6,9H2,(H,22,23)(H4,17,18,19);/t12-;/m0./s1. The van der Waals surface area contributed by atoms with Crippen molar-refractivity contribution in [2.45, 2.75) is 23.8 Å². The number of benzene rings is 2. The van der Waals surface area contributed by atoms with Crippen LogP contribution in [0.5, 0.6) is 0 Å². The summed E-state index contributed by atoms with van der Waals surface area (Å²) < 4.78 is 27.7. The Hall–Kier alpha value is -3.83. The molecule has 2 aromatic rings. The molecular weight excluding hydrogens is 418 g/mol. The third-order valence-corrected chi connectivity index (χ3v) is 5.42. The lowest BCUT2D eigenvalue weighted by atomic mass is 10.1. The summed E-state index contributed by atoms with van der Waals surface area (Å²) >= 11 is 0. The Balaban J connectivity index is 0.00000218. The van der Waals surface area contributed by atoms with E-state index in [9.17, 15) is 28.4 Å². The number of sulfonamides is 1. The van der Waals surface area contributed by atoms with E-state index in [1.165, 1.54) is 36.4 Å². The van der Waals surface area contributed by atoms with Crippen LogP contribution in [0.15, 0.2) is 46.3 Å². The number of nitrogens with two attached hydrogens (primary N) is 2. The van der Waals surface area contributed by atoms with Crippen LogP contribution in [0.2, 0.25) is 0 Å². The van der Waals surface area contributed by atoms with E-state index >= 15 is 0 Å². The molecule has 0 heterocycles. The van der Waals surface area contributed by atoms with Gasteiger partial charge < -0.3 is 16.6 Å². The van der Waals surface area contributed by atoms with E-state index in [-0.39, 0.29) is 46.7 Å². The van der Waals surface area contributed by atoms with Crippen LogP contribution >= 0.6 is 0 Å². The van der Waals surface area contributed by atoms with E-state index in [0.717, 1.165) is 0 Å². The fraction of sp³-hybridized carbons (Fsp3) is 0.250. The number of guanidine groups is 1. The van der Waals surface area contributed by atoms with Crippen LogP contribution in [0, 0.1) is 20.9 Å². The van der Waals surface area contributed by atoms with Crippen molar-refractivity contribution in [3.05, 3.63) is 46.5 Å². The predicted molar refractivity (Wildman–Crippen MR) is 106 cm³/mol. The molecule has 0 radical (unpaired) electrons. The monoisotopic (exact) mass is 437 g/mol. The molecule has 0 unspecified atom stereocenters. The number of nitro groups is 1. The molecule has 0 saturated heterocycles. The van der Waals surface area contributed by atoms with Gasteiger partial charge in [0.05, 0.1) is 15.2 Å². The van der Waals surface area contributed by atoms with Crippen molar-refractivity contribution in [1.82, 2.24) is 4.72 Å². The molecule has 0 aromatic heterocycles. The summed E-state index contributed by atoms with van der Waals surface area (Å²) in [7, 11) is -4.27. The van der Waals surface area contributed by atoms with Crippen molar-refractivity contribution in [3.63, 3.8) is 0 Å². The molecule has 0 amide bonds. The van der Waals surface area contributed by atoms with Crippen LogP contribution in [0.1, 0.15) is 12.8 Å². The second-order valence-corrected chi connectivity index (χ2v) is 7.53. The third kappa shape index (κ3) is 6.09. The van der Waals surface area contributed by atoms with Crippen LogP contribution in [0.25, 0.3) is 10.8 Å². The Kier molecular flexibility index (Phi) is 8.59. The van der Waals surface area contributed by atoms with Crippen molar-refractivity contribution < 1.29 is 23.2 Å². The maximum atomic E-state index is 12.8. The van der Waals surface area contributed by atoms with E-state index in [0.29, 0.717) is 0 Å². The molecule has 0 bridgehead atoms. The molecule has 6 N–H and O–H groups in total. The van der Waals surface area contributed by atoms with Gasteiger partial charge in [-0.3, -0.25) is 19.9 Å². The Labute approximate surface area is 171 Å². The zero-order valence-corrected chi connectivity index (χ0v) is 16.3. The highest BCUT2D eigenvalue weighted by Crippen LogP contribution is 2.30. The van der Waals surface area contributed by atoms with Gasteiger partial charge in [0.15, 0.2) is 5.96 Å². The number of aliphatic carboxylic acids is 1. The Morgan fingerprint density at radius 1 is 1.20 bits per heavy atom. The van der Waals surface area contributed by atoms with Crippen LogP contribution in [-0.4, -0.2) is 43.0 Å². The first-order valence-electron chi connectivity index (χ1n) is 8.30. The molecule has 0 aliphatic heterocycles. The van der Waals surface area contributed by atoms with Crippen LogP contribution in [0.4, 0.5) is 5.69 Å². The smallest absolute Gasteiger partial charge is 0.321 e. The maximum absolute atomic E-state index is 12.8. The Bertz CT molecular complexity index is 1080. The number of hydrogen-bond acceptors (Lipinski definition) is 8. The average Bonchev–Trinajstić information content (AvgIpc) is 2.70. The average molecular weight is 437 g/mol. The molecule has 0 saturated carbocycles. The molecule has 13 nitrogen and oxygen atoms in total. The van der Waals surface area contributed by atoms with Gasteiger partial charge in [0, 0.05) is 28.8 Å². The van der Waals surface area contributed by atoms with Gasteiger partial charge in [-0.25, -0.2) is 8.42 Å². The van der Waals surface area contributed by atoms with Crippen LogP contribution in [-0.2, 0) is 14.8 Å². The fourth-order valence-electron chi connectivity index (χ4n) is 2.65. The number of nitro benzene ring substituents is 1. The quantitative estimate of drug-likeness (QED) is 0.106. The number of aliphatic imine (C=N–C) groups is 1. The minimum absolute atomic E-state index is 0.0454. The molecular formula is C16H19N7O6S. The molecule has 1 atom stereocenters. The Morgan fingerprint density at radius 2 is 1.80 bits per heavy atom. The molecule has 2 rings (SSSR count). The second kappa shape index (κ2) is 10.6. The number of carbonyl (C=O) groups is 1. The first kappa shape index (κ1) is 24.2. The predicted octanol–water partition coefficient (Wildman–Crippen LogP) is 0.563. The molecule has 0 aliphatic carbocycles. The van der Waals surface area contributed by atoms with Gasteiger partial charge in [-0.15, -0.1) is 0 Å². The lowest BCUT2D eigenvalue weighted by molar-refractivity contribution is -0.383. The van der Waals surface area contributed by atoms with E-state index in [1.54, 1.807) is 0 Å². The summed E-state index contributed by atoms with van der Waals surface area (Å²) in [5.41, 5.74) is 10.1. The van der Waals surface area contributed by atoms with Crippen molar-refractivity contribution in [2.24, 2.45) is 16.5 Å². The molecule has 2 aromatic carbocycles. The second-order valence-electron chi connectivity index (χ2n) is 5.85. The first-order chi connectivity index (χ1) is 14.1. The number of non-ortho nitro benzene ring substituents is 1. The van der Waals surface area contributed by atoms with Gasteiger partial charge >= 0.3 is 5.97 Å². The topological polar surface area (TPSA) is 239 Å². The highest BCUT2D eigenvalue weighted by molar-refractivity contribution is 7.89. The molecule has 0 spiro atoms. The third-order valence-electron chi connectivity index (χ3n) is 3.89. The van der Waals surface area contributed by atoms with Crippen molar-refractivity contribution >= 4 is 38.4 Å². The summed E-state index contributed by atoms with van der Waals surface area (Å²) in [5.74, 6) is -1.51. The van der Waals surface area contributed by atoms with E-state index in [4.69, 9.17) is 22.3 Å². The summed E-state index contributed by atoms with van der Waals surface area (Å²) in [6.07, 6.45) is 0.189. The number of rotatable bonds is 9. The van der Waals surface area contributed by atoms with E-state index in [1.807, 2.05) is 0 Å². The zero-order valence-electron chi connectivity index (χ0n) is 15.5. The maximum Gasteiger partial charge on any atom is 0.321 e. The molecule has 160 valence electrons. The van der Waals surface area contributed by atoms with Gasteiger partial charge in [-0.05, 0) is 25.0 Å². The van der Waals surface area contributed by atoms with E-state index in [2.05, 4.69) is 9.71 Å². The van der Waals surface area contributed by atoms with Crippen molar-refractivity contribution in [3.8, 4) is 0 Å². The largest absolute Gasteiger partial charge is 0.480 e. The van der Waals surface area contributed by atoms with Crippen LogP contribution < -0.4 is 16.2 Å². The lowest BCUT2D eigenvalue weighted by Crippen LogP contribution is -2.40. The van der Waals surface area contributed by atoms with Gasteiger partial charge in [-0.1, -0.05) is 18.2 Å². The highest BCUT2D eigenvalue weighted by atomic mass is 32.2. The highest BCUT2D eigenvalue weighted by Gasteiger charge is 2.27. The summed E-state index contributed by atoms with van der Waals surface area (Å²) in [5, 5.41) is 32.7. The molecule has 0 fully saturated rings. The minimum Gasteiger partial charge on any atom is -0.480 e. The number of hydrogen-bond donors (Lipinski definition) is 4. The molecule has 0 aliphatic rings. The Morgan fingerprint density at radius 3 is 2.37 bits per heavy atom.